The molecule has 0 aliphatic rings. The lowest BCUT2D eigenvalue weighted by Crippen LogP contribution is -2.22. The second kappa shape index (κ2) is 5.78. The van der Waals surface area contributed by atoms with Gasteiger partial charge in [0, 0.05) is 18.7 Å². The van der Waals surface area contributed by atoms with Crippen molar-refractivity contribution in [2.45, 2.75) is 25.8 Å². The fraction of sp³-hybridized carbons (Fsp3) is 0.556. The number of rotatable bonds is 5. The predicted octanol–water partition coefficient (Wildman–Crippen LogP) is 1.67. The van der Waals surface area contributed by atoms with E-state index in [1.807, 2.05) is 0 Å². The van der Waals surface area contributed by atoms with E-state index in [1.54, 1.807) is 6.07 Å². The van der Waals surface area contributed by atoms with Crippen LogP contribution in [0.2, 0.25) is 5.15 Å². The van der Waals surface area contributed by atoms with Crippen LogP contribution in [0.4, 0.5) is 5.82 Å². The lowest BCUT2D eigenvalue weighted by molar-refractivity contribution is 0.613. The van der Waals surface area contributed by atoms with E-state index in [9.17, 15) is 0 Å². The van der Waals surface area contributed by atoms with Crippen molar-refractivity contribution in [1.82, 2.24) is 9.97 Å². The van der Waals surface area contributed by atoms with Gasteiger partial charge in [-0.2, -0.15) is 0 Å². The molecule has 1 heterocycles. The Morgan fingerprint density at radius 2 is 2.36 bits per heavy atom. The summed E-state index contributed by atoms with van der Waals surface area (Å²) in [5.41, 5.74) is 5.77. The van der Waals surface area contributed by atoms with Gasteiger partial charge in [0.25, 0.3) is 0 Å². The van der Waals surface area contributed by atoms with Crippen LogP contribution in [-0.4, -0.2) is 22.6 Å². The largest absolute Gasteiger partial charge is 0.370 e. The van der Waals surface area contributed by atoms with Crippen LogP contribution in [0.5, 0.6) is 0 Å². The Morgan fingerprint density at radius 3 is 3.00 bits per heavy atom. The van der Waals surface area contributed by atoms with Crippen molar-refractivity contribution < 1.29 is 0 Å². The van der Waals surface area contributed by atoms with Crippen LogP contribution in [0.15, 0.2) is 12.4 Å². The van der Waals surface area contributed by atoms with Gasteiger partial charge in [-0.3, -0.25) is 0 Å². The maximum absolute atomic E-state index is 5.77. The average molecular weight is 215 g/mol. The molecule has 0 saturated heterocycles. The van der Waals surface area contributed by atoms with Gasteiger partial charge in [0.1, 0.15) is 17.3 Å². The van der Waals surface area contributed by atoms with Gasteiger partial charge >= 0.3 is 0 Å². The number of nitrogens with zero attached hydrogens (tertiary/aromatic N) is 2. The number of hydrogen-bond donors (Lipinski definition) is 2. The number of nitrogens with two attached hydrogens (primary N) is 1. The first kappa shape index (κ1) is 11.2. The monoisotopic (exact) mass is 214 g/mol. The Kier molecular flexibility index (Phi) is 4.62. The van der Waals surface area contributed by atoms with Crippen LogP contribution >= 0.6 is 11.6 Å². The third kappa shape index (κ3) is 3.89. The molecule has 1 unspecified atom stereocenters. The molecule has 1 rings (SSSR count). The van der Waals surface area contributed by atoms with Gasteiger partial charge in [-0.15, -0.1) is 0 Å². The van der Waals surface area contributed by atoms with E-state index in [4.69, 9.17) is 17.3 Å². The first-order valence-corrected chi connectivity index (χ1v) is 5.07. The minimum atomic E-state index is 0.250. The molecule has 0 bridgehead atoms. The van der Waals surface area contributed by atoms with E-state index < -0.39 is 0 Å². The highest BCUT2D eigenvalue weighted by Crippen LogP contribution is 2.08. The second-order valence-electron chi connectivity index (χ2n) is 3.11. The average Bonchev–Trinajstić information content (AvgIpc) is 2.17. The van der Waals surface area contributed by atoms with Crippen LogP contribution in [0, 0.1) is 0 Å². The van der Waals surface area contributed by atoms with Crippen LogP contribution in [0.3, 0.4) is 0 Å². The van der Waals surface area contributed by atoms with Crippen LogP contribution in [0.25, 0.3) is 0 Å². The molecule has 0 spiro atoms. The lowest BCUT2D eigenvalue weighted by atomic mass is 10.2. The molecule has 1 atom stereocenters. The summed E-state index contributed by atoms with van der Waals surface area (Å²) in [5, 5.41) is 3.58. The van der Waals surface area contributed by atoms with Gasteiger partial charge in [-0.05, 0) is 12.8 Å². The summed E-state index contributed by atoms with van der Waals surface area (Å²) >= 11 is 5.70. The molecule has 0 saturated carbocycles. The maximum atomic E-state index is 5.77. The highest BCUT2D eigenvalue weighted by atomic mass is 35.5. The van der Waals surface area contributed by atoms with E-state index >= 15 is 0 Å². The van der Waals surface area contributed by atoms with Crippen molar-refractivity contribution in [2.75, 3.05) is 11.9 Å². The minimum Gasteiger partial charge on any atom is -0.370 e. The molecule has 78 valence electrons. The smallest absolute Gasteiger partial charge is 0.134 e. The first-order valence-electron chi connectivity index (χ1n) is 4.69. The first-order chi connectivity index (χ1) is 6.72. The van der Waals surface area contributed by atoms with Gasteiger partial charge in [0.15, 0.2) is 0 Å². The summed E-state index contributed by atoms with van der Waals surface area (Å²) in [6.07, 6.45) is 3.36. The number of anilines is 1. The zero-order valence-corrected chi connectivity index (χ0v) is 8.96. The minimum absolute atomic E-state index is 0.250. The van der Waals surface area contributed by atoms with Crippen molar-refractivity contribution >= 4 is 17.4 Å². The van der Waals surface area contributed by atoms with E-state index in [0.29, 0.717) is 5.15 Å². The molecule has 3 N–H and O–H groups in total. The molecule has 1 aromatic heterocycles. The fourth-order valence-electron chi connectivity index (χ4n) is 1.02. The Hall–Kier alpha value is -0.870. The van der Waals surface area contributed by atoms with Crippen molar-refractivity contribution in [1.29, 1.82) is 0 Å². The highest BCUT2D eigenvalue weighted by Gasteiger charge is 1.99. The summed E-state index contributed by atoms with van der Waals surface area (Å²) < 4.78 is 0. The standard InChI is InChI=1S/C9H15ClN4/c1-2-7(11)3-4-12-9-5-8(10)13-6-14-9/h5-7H,2-4,11H2,1H3,(H,12,13,14). The molecule has 4 nitrogen and oxygen atoms in total. The summed E-state index contributed by atoms with van der Waals surface area (Å²) in [7, 11) is 0. The molecule has 0 aromatic carbocycles. The Morgan fingerprint density at radius 1 is 1.57 bits per heavy atom. The van der Waals surface area contributed by atoms with Crippen molar-refractivity contribution in [3.05, 3.63) is 17.5 Å². The Balaban J connectivity index is 2.31. The third-order valence-corrected chi connectivity index (χ3v) is 2.19. The van der Waals surface area contributed by atoms with Gasteiger partial charge in [-0.1, -0.05) is 18.5 Å². The number of halogens is 1. The topological polar surface area (TPSA) is 63.8 Å². The van der Waals surface area contributed by atoms with Crippen LogP contribution in [0.1, 0.15) is 19.8 Å². The van der Waals surface area contributed by atoms with E-state index in [2.05, 4.69) is 22.2 Å². The zero-order valence-electron chi connectivity index (χ0n) is 8.20. The Labute approximate surface area is 88.9 Å². The molecule has 5 heteroatoms. The van der Waals surface area contributed by atoms with E-state index in [-0.39, 0.29) is 6.04 Å². The van der Waals surface area contributed by atoms with E-state index in [0.717, 1.165) is 25.2 Å². The summed E-state index contributed by atoms with van der Waals surface area (Å²) in [6.45, 7) is 2.88. The SMILES string of the molecule is CCC(N)CCNc1cc(Cl)ncn1. The fourth-order valence-corrected chi connectivity index (χ4v) is 1.17. The number of hydrogen-bond acceptors (Lipinski definition) is 4. The van der Waals surface area contributed by atoms with Crippen molar-refractivity contribution in [3.8, 4) is 0 Å². The molecule has 0 aliphatic carbocycles. The maximum Gasteiger partial charge on any atom is 0.134 e. The molecule has 0 radical (unpaired) electrons. The predicted molar refractivity (Wildman–Crippen MR) is 58.4 cm³/mol. The van der Waals surface area contributed by atoms with Crippen molar-refractivity contribution in [3.63, 3.8) is 0 Å². The van der Waals surface area contributed by atoms with Crippen LogP contribution < -0.4 is 11.1 Å². The molecule has 0 amide bonds. The zero-order chi connectivity index (χ0) is 10.4. The lowest BCUT2D eigenvalue weighted by Gasteiger charge is -2.09. The van der Waals surface area contributed by atoms with Crippen molar-refractivity contribution in [2.24, 2.45) is 5.73 Å². The normalized spacial score (nSPS) is 12.5. The molecular weight excluding hydrogens is 200 g/mol. The van der Waals surface area contributed by atoms with Gasteiger partial charge in [-0.25, -0.2) is 9.97 Å². The summed E-state index contributed by atoms with van der Waals surface area (Å²) in [5.74, 6) is 0.744. The Bertz CT molecular complexity index is 279. The number of nitrogens with one attached hydrogen (secondary N) is 1. The third-order valence-electron chi connectivity index (χ3n) is 1.98. The molecule has 1 aromatic rings. The molecule has 0 fully saturated rings. The quantitative estimate of drug-likeness (QED) is 0.732. The highest BCUT2D eigenvalue weighted by molar-refractivity contribution is 6.29. The second-order valence-corrected chi connectivity index (χ2v) is 3.50. The summed E-state index contributed by atoms with van der Waals surface area (Å²) in [6, 6.07) is 1.94. The van der Waals surface area contributed by atoms with Crippen LogP contribution in [-0.2, 0) is 0 Å². The molecular formula is C9H15ClN4. The number of aromatic nitrogens is 2. The molecule has 0 aliphatic heterocycles. The van der Waals surface area contributed by atoms with Gasteiger partial charge < -0.3 is 11.1 Å². The summed E-state index contributed by atoms with van der Waals surface area (Å²) in [4.78, 5) is 7.80. The van der Waals surface area contributed by atoms with Gasteiger partial charge in [0.05, 0.1) is 0 Å². The molecule has 14 heavy (non-hydrogen) atoms. The van der Waals surface area contributed by atoms with Gasteiger partial charge in [0.2, 0.25) is 0 Å². The van der Waals surface area contributed by atoms with E-state index in [1.165, 1.54) is 6.33 Å².